The summed E-state index contributed by atoms with van der Waals surface area (Å²) in [4.78, 5) is 20.4. The lowest BCUT2D eigenvalue weighted by Gasteiger charge is -2.04. The summed E-state index contributed by atoms with van der Waals surface area (Å²) in [7, 11) is 0. The predicted molar refractivity (Wildman–Crippen MR) is 45.6 cm³/mol. The fraction of sp³-hybridized carbons (Fsp3) is 0.125. The van der Waals surface area contributed by atoms with E-state index < -0.39 is 22.3 Å². The molecule has 0 fully saturated rings. The van der Waals surface area contributed by atoms with E-state index in [1.807, 2.05) is 5.32 Å². The smallest absolute Gasteiger partial charge is 0.320 e. The second kappa shape index (κ2) is 2.72. The minimum atomic E-state index is -3.61. The molecular formula is C8H4F2N2O3. The molecule has 7 heteroatoms. The lowest BCUT2D eigenvalue weighted by Crippen LogP contribution is -2.23. The number of rotatable bonds is 1. The molecule has 1 N–H and O–H groups in total. The van der Waals surface area contributed by atoms with E-state index in [1.54, 1.807) is 0 Å². The summed E-state index contributed by atoms with van der Waals surface area (Å²) in [5, 5.41) is 12.2. The van der Waals surface area contributed by atoms with Gasteiger partial charge in [0.2, 0.25) is 0 Å². The van der Waals surface area contributed by atoms with Gasteiger partial charge in [-0.2, -0.15) is 8.78 Å². The Labute approximate surface area is 81.9 Å². The zero-order valence-electron chi connectivity index (χ0n) is 7.16. The summed E-state index contributed by atoms with van der Waals surface area (Å²) < 4.78 is 26.2. The number of nitrogens with zero attached hydrogens (tertiary/aromatic N) is 1. The summed E-state index contributed by atoms with van der Waals surface area (Å²) in [6.45, 7) is 0. The van der Waals surface area contributed by atoms with Gasteiger partial charge in [-0.25, -0.2) is 0 Å². The van der Waals surface area contributed by atoms with Crippen LogP contribution in [0.25, 0.3) is 0 Å². The van der Waals surface area contributed by atoms with Crippen molar-refractivity contribution in [2.24, 2.45) is 0 Å². The molecule has 0 spiro atoms. The average molecular weight is 214 g/mol. The summed E-state index contributed by atoms with van der Waals surface area (Å²) in [5.74, 6) is -5.07. The van der Waals surface area contributed by atoms with Crippen LogP contribution < -0.4 is 5.32 Å². The number of halogens is 2. The van der Waals surface area contributed by atoms with E-state index in [0.29, 0.717) is 0 Å². The van der Waals surface area contributed by atoms with Crippen LogP contribution in [-0.4, -0.2) is 10.8 Å². The molecule has 0 unspecified atom stereocenters. The molecule has 0 bridgehead atoms. The number of alkyl halides is 2. The maximum atomic E-state index is 13.1. The number of amides is 1. The number of anilines is 1. The number of non-ortho nitro benzene ring substituents is 1. The maximum absolute atomic E-state index is 13.1. The molecule has 1 aromatic carbocycles. The SMILES string of the molecule is O=C1Nc2cc([N+](=O)[O-])ccc2C1(F)F. The van der Waals surface area contributed by atoms with Crippen LogP contribution in [0.1, 0.15) is 5.56 Å². The van der Waals surface area contributed by atoms with E-state index in [-0.39, 0.29) is 11.4 Å². The molecule has 1 aliphatic rings. The molecule has 1 aliphatic heterocycles. The Morgan fingerprint density at radius 1 is 1.40 bits per heavy atom. The second-order valence-electron chi connectivity index (χ2n) is 3.02. The molecule has 1 aromatic rings. The highest BCUT2D eigenvalue weighted by molar-refractivity contribution is 6.04. The van der Waals surface area contributed by atoms with Crippen molar-refractivity contribution in [3.05, 3.63) is 33.9 Å². The van der Waals surface area contributed by atoms with Gasteiger partial charge >= 0.3 is 5.92 Å². The van der Waals surface area contributed by atoms with Crippen molar-refractivity contribution in [1.82, 2.24) is 0 Å². The van der Waals surface area contributed by atoms with Crippen LogP contribution in [0, 0.1) is 10.1 Å². The Morgan fingerprint density at radius 3 is 2.67 bits per heavy atom. The predicted octanol–water partition coefficient (Wildman–Crippen LogP) is 1.64. The number of nitro groups is 1. The first-order chi connectivity index (χ1) is 6.93. The third-order valence-electron chi connectivity index (χ3n) is 2.09. The quantitative estimate of drug-likeness (QED) is 0.570. The molecule has 0 saturated carbocycles. The number of nitro benzene ring substituents is 1. The zero-order valence-corrected chi connectivity index (χ0v) is 7.16. The summed E-state index contributed by atoms with van der Waals surface area (Å²) in [6, 6.07) is 2.73. The van der Waals surface area contributed by atoms with Crippen LogP contribution in [0.5, 0.6) is 0 Å². The zero-order chi connectivity index (χ0) is 11.2. The molecule has 1 amide bonds. The first-order valence-electron chi connectivity index (χ1n) is 3.91. The fourth-order valence-electron chi connectivity index (χ4n) is 1.35. The third-order valence-corrected chi connectivity index (χ3v) is 2.09. The Bertz CT molecular complexity index is 473. The topological polar surface area (TPSA) is 72.2 Å². The van der Waals surface area contributed by atoms with Crippen molar-refractivity contribution in [2.45, 2.75) is 5.92 Å². The highest BCUT2D eigenvalue weighted by Crippen LogP contribution is 2.41. The highest BCUT2D eigenvalue weighted by atomic mass is 19.3. The van der Waals surface area contributed by atoms with Crippen LogP contribution in [0.4, 0.5) is 20.2 Å². The standard InChI is InChI=1S/C8H4F2N2O3/c9-8(10)5-2-1-4(12(14)15)3-6(5)11-7(8)13/h1-3H,(H,11,13). The van der Waals surface area contributed by atoms with Gasteiger partial charge in [0.15, 0.2) is 0 Å². The van der Waals surface area contributed by atoms with E-state index in [1.165, 1.54) is 0 Å². The fourth-order valence-corrected chi connectivity index (χ4v) is 1.35. The molecule has 15 heavy (non-hydrogen) atoms. The third kappa shape index (κ3) is 1.24. The number of fused-ring (bicyclic) bond motifs is 1. The van der Waals surface area contributed by atoms with Crippen molar-refractivity contribution in [2.75, 3.05) is 5.32 Å². The van der Waals surface area contributed by atoms with E-state index in [4.69, 9.17) is 0 Å². The molecule has 5 nitrogen and oxygen atoms in total. The molecular weight excluding hydrogens is 210 g/mol. The van der Waals surface area contributed by atoms with Gasteiger partial charge in [0.25, 0.3) is 11.6 Å². The molecule has 1 heterocycles. The van der Waals surface area contributed by atoms with Crippen molar-refractivity contribution < 1.29 is 18.5 Å². The van der Waals surface area contributed by atoms with E-state index in [2.05, 4.69) is 0 Å². The van der Waals surface area contributed by atoms with Crippen molar-refractivity contribution in [3.8, 4) is 0 Å². The lowest BCUT2D eigenvalue weighted by molar-refractivity contribution is -0.384. The largest absolute Gasteiger partial charge is 0.352 e. The van der Waals surface area contributed by atoms with Crippen LogP contribution in [0.15, 0.2) is 18.2 Å². The van der Waals surface area contributed by atoms with Gasteiger partial charge in [0.1, 0.15) is 0 Å². The van der Waals surface area contributed by atoms with Gasteiger partial charge in [-0.1, -0.05) is 0 Å². The molecule has 0 radical (unpaired) electrons. The normalized spacial score (nSPS) is 17.1. The molecule has 0 aliphatic carbocycles. The van der Waals surface area contributed by atoms with Crippen LogP contribution in [-0.2, 0) is 10.7 Å². The first kappa shape index (κ1) is 9.50. The van der Waals surface area contributed by atoms with Gasteiger partial charge in [-0.15, -0.1) is 0 Å². The number of hydrogen-bond acceptors (Lipinski definition) is 3. The Kier molecular flexibility index (Phi) is 1.72. The molecule has 78 valence electrons. The number of carbonyl (C=O) groups is 1. The molecule has 0 atom stereocenters. The van der Waals surface area contributed by atoms with Gasteiger partial charge in [-0.3, -0.25) is 14.9 Å². The maximum Gasteiger partial charge on any atom is 0.352 e. The monoisotopic (exact) mass is 214 g/mol. The van der Waals surface area contributed by atoms with E-state index in [9.17, 15) is 23.7 Å². The number of carbonyl (C=O) groups excluding carboxylic acids is 1. The van der Waals surface area contributed by atoms with Crippen LogP contribution in [0.2, 0.25) is 0 Å². The second-order valence-corrected chi connectivity index (χ2v) is 3.02. The van der Waals surface area contributed by atoms with E-state index >= 15 is 0 Å². The Balaban J connectivity index is 2.56. The Hall–Kier alpha value is -2.05. The highest BCUT2D eigenvalue weighted by Gasteiger charge is 2.48. The molecule has 2 rings (SSSR count). The minimum Gasteiger partial charge on any atom is -0.320 e. The van der Waals surface area contributed by atoms with Crippen molar-refractivity contribution >= 4 is 17.3 Å². The molecule has 0 saturated heterocycles. The lowest BCUT2D eigenvalue weighted by atomic mass is 10.1. The summed E-state index contributed by atoms with van der Waals surface area (Å²) in [5.41, 5.74) is -1.08. The number of benzene rings is 1. The van der Waals surface area contributed by atoms with Gasteiger partial charge in [0, 0.05) is 12.1 Å². The van der Waals surface area contributed by atoms with Crippen molar-refractivity contribution in [1.29, 1.82) is 0 Å². The molecule has 0 aromatic heterocycles. The van der Waals surface area contributed by atoms with Crippen molar-refractivity contribution in [3.63, 3.8) is 0 Å². The summed E-state index contributed by atoms with van der Waals surface area (Å²) in [6.07, 6.45) is 0. The van der Waals surface area contributed by atoms with E-state index in [0.717, 1.165) is 18.2 Å². The minimum absolute atomic E-state index is 0.209. The van der Waals surface area contributed by atoms with Crippen LogP contribution >= 0.6 is 0 Å². The first-order valence-corrected chi connectivity index (χ1v) is 3.91. The summed E-state index contributed by atoms with van der Waals surface area (Å²) >= 11 is 0. The van der Waals surface area contributed by atoms with Gasteiger partial charge < -0.3 is 5.32 Å². The van der Waals surface area contributed by atoms with Gasteiger partial charge in [-0.05, 0) is 6.07 Å². The Morgan fingerprint density at radius 2 is 2.07 bits per heavy atom. The number of nitrogens with one attached hydrogen (secondary N) is 1. The van der Waals surface area contributed by atoms with Gasteiger partial charge in [0.05, 0.1) is 16.2 Å². The average Bonchev–Trinajstić information content (AvgIpc) is 2.38. The van der Waals surface area contributed by atoms with Crippen LogP contribution in [0.3, 0.4) is 0 Å². The number of hydrogen-bond donors (Lipinski definition) is 1.